The van der Waals surface area contributed by atoms with Crippen molar-refractivity contribution >= 4 is 38.4 Å². The number of piperidine rings is 1. The topological polar surface area (TPSA) is 52.2 Å². The van der Waals surface area contributed by atoms with Crippen molar-refractivity contribution in [3.05, 3.63) is 53.7 Å². The van der Waals surface area contributed by atoms with Crippen molar-refractivity contribution < 1.29 is 4.79 Å². The molecule has 2 aromatic heterocycles. The van der Waals surface area contributed by atoms with Crippen LogP contribution in [-0.2, 0) is 0 Å². The molecule has 1 atom stereocenters. The number of aromatic nitrogens is 2. The van der Waals surface area contributed by atoms with Gasteiger partial charge in [-0.05, 0) is 54.8 Å². The lowest BCUT2D eigenvalue weighted by Crippen LogP contribution is -2.56. The van der Waals surface area contributed by atoms with Crippen LogP contribution in [0.15, 0.2) is 48.1 Å². The maximum absolute atomic E-state index is 13.5. The normalized spacial score (nSPS) is 20.0. The number of fused-ring (bicyclic) bond motifs is 3. The third kappa shape index (κ3) is 2.94. The minimum Gasteiger partial charge on any atom is -0.361 e. The minimum atomic E-state index is 0.150. The summed E-state index contributed by atoms with van der Waals surface area (Å²) in [6.07, 6.45) is 5.72. The van der Waals surface area contributed by atoms with Crippen molar-refractivity contribution in [3.8, 4) is 11.1 Å². The van der Waals surface area contributed by atoms with E-state index >= 15 is 0 Å². The fraction of sp³-hybridized carbons (Fsp3) is 0.333. The number of hydrogen-bond acceptors (Lipinski definition) is 4. The number of rotatable bonds is 2. The zero-order chi connectivity index (χ0) is 20.1. The molecule has 30 heavy (non-hydrogen) atoms. The predicted molar refractivity (Wildman–Crippen MR) is 122 cm³/mol. The van der Waals surface area contributed by atoms with E-state index in [1.165, 1.54) is 30.5 Å². The van der Waals surface area contributed by atoms with E-state index in [0.29, 0.717) is 6.04 Å². The zero-order valence-electron chi connectivity index (χ0n) is 16.8. The molecule has 2 aliphatic rings. The molecule has 1 amide bonds. The quantitative estimate of drug-likeness (QED) is 0.513. The largest absolute Gasteiger partial charge is 0.361 e. The van der Waals surface area contributed by atoms with E-state index in [9.17, 15) is 4.79 Å². The van der Waals surface area contributed by atoms with Crippen molar-refractivity contribution in [2.75, 3.05) is 26.2 Å². The van der Waals surface area contributed by atoms with Crippen LogP contribution in [0.25, 0.3) is 32.2 Å². The number of piperazine rings is 1. The molecule has 2 aliphatic heterocycles. The van der Waals surface area contributed by atoms with Crippen molar-refractivity contribution in [3.63, 3.8) is 0 Å². The molecule has 6 heteroatoms. The number of nitrogens with zero attached hydrogens (tertiary/aromatic N) is 3. The first-order chi connectivity index (χ1) is 14.8. The van der Waals surface area contributed by atoms with E-state index < -0.39 is 0 Å². The van der Waals surface area contributed by atoms with Gasteiger partial charge in [0.1, 0.15) is 0 Å². The Balaban J connectivity index is 1.35. The Hall–Kier alpha value is -2.70. The summed E-state index contributed by atoms with van der Waals surface area (Å²) in [7, 11) is 0. The first kappa shape index (κ1) is 18.1. The van der Waals surface area contributed by atoms with Crippen LogP contribution < -0.4 is 0 Å². The molecule has 152 valence electrons. The van der Waals surface area contributed by atoms with Crippen LogP contribution in [0.5, 0.6) is 0 Å². The van der Waals surface area contributed by atoms with Crippen LogP contribution in [-0.4, -0.2) is 57.9 Å². The Kier molecular flexibility index (Phi) is 4.35. The number of aromatic amines is 1. The molecule has 6 rings (SSSR count). The van der Waals surface area contributed by atoms with E-state index in [1.54, 1.807) is 11.3 Å². The van der Waals surface area contributed by atoms with E-state index in [4.69, 9.17) is 0 Å². The standard InChI is InChI=1S/C24H24N4OS/c29-24(28-12-11-27-10-2-1-3-17(27)14-28)20-6-5-18(19-8-9-25-23(19)20)16-4-7-21-22(13-16)30-15-26-21/h4-9,13,15,17,25H,1-3,10-12,14H2/t17-/m1/s1. The summed E-state index contributed by atoms with van der Waals surface area (Å²) in [6.45, 7) is 3.86. The molecule has 0 spiro atoms. The summed E-state index contributed by atoms with van der Waals surface area (Å²) in [4.78, 5) is 25.8. The number of carbonyl (C=O) groups excluding carboxylic acids is 1. The third-order valence-corrected chi connectivity index (χ3v) is 7.51. The summed E-state index contributed by atoms with van der Waals surface area (Å²) in [5.41, 5.74) is 6.94. The van der Waals surface area contributed by atoms with Gasteiger partial charge in [-0.3, -0.25) is 9.69 Å². The molecule has 1 N–H and O–H groups in total. The maximum atomic E-state index is 13.5. The highest BCUT2D eigenvalue weighted by Crippen LogP contribution is 2.33. The molecule has 0 bridgehead atoms. The second-order valence-corrected chi connectivity index (χ2v) is 9.28. The molecule has 5 nitrogen and oxygen atoms in total. The van der Waals surface area contributed by atoms with Gasteiger partial charge in [0.2, 0.25) is 0 Å². The SMILES string of the molecule is O=C(c1ccc(-c2ccc3ncsc3c2)c2cc[nH]c12)N1CCN2CCCC[C@@H]2C1. The molecular weight excluding hydrogens is 392 g/mol. The average molecular weight is 417 g/mol. The molecule has 4 aromatic rings. The Morgan fingerprint density at radius 3 is 3.03 bits per heavy atom. The van der Waals surface area contributed by atoms with Crippen LogP contribution >= 0.6 is 11.3 Å². The maximum Gasteiger partial charge on any atom is 0.256 e. The lowest BCUT2D eigenvalue weighted by molar-refractivity contribution is 0.0374. The summed E-state index contributed by atoms with van der Waals surface area (Å²) in [6, 6.07) is 13.1. The van der Waals surface area contributed by atoms with Crippen molar-refractivity contribution in [2.24, 2.45) is 0 Å². The molecule has 0 radical (unpaired) electrons. The highest BCUT2D eigenvalue weighted by atomic mass is 32.1. The lowest BCUT2D eigenvalue weighted by Gasteiger charge is -2.44. The number of benzene rings is 2. The van der Waals surface area contributed by atoms with Gasteiger partial charge >= 0.3 is 0 Å². The summed E-state index contributed by atoms with van der Waals surface area (Å²) < 4.78 is 1.18. The summed E-state index contributed by atoms with van der Waals surface area (Å²) >= 11 is 1.66. The molecule has 2 fully saturated rings. The second-order valence-electron chi connectivity index (χ2n) is 8.40. The number of H-pyrrole nitrogens is 1. The van der Waals surface area contributed by atoms with Crippen LogP contribution in [0.3, 0.4) is 0 Å². The third-order valence-electron chi connectivity index (χ3n) is 6.72. The average Bonchev–Trinajstić information content (AvgIpc) is 3.47. The van der Waals surface area contributed by atoms with Gasteiger partial charge in [-0.25, -0.2) is 4.98 Å². The van der Waals surface area contributed by atoms with E-state index in [2.05, 4.69) is 50.1 Å². The van der Waals surface area contributed by atoms with Gasteiger partial charge in [0.15, 0.2) is 0 Å². The van der Waals surface area contributed by atoms with Gasteiger partial charge < -0.3 is 9.88 Å². The van der Waals surface area contributed by atoms with Gasteiger partial charge in [-0.2, -0.15) is 0 Å². The fourth-order valence-electron chi connectivity index (χ4n) is 5.12. The Bertz CT molecular complexity index is 1240. The Morgan fingerprint density at radius 1 is 1.10 bits per heavy atom. The first-order valence-electron chi connectivity index (χ1n) is 10.7. The minimum absolute atomic E-state index is 0.150. The Labute approximate surface area is 179 Å². The lowest BCUT2D eigenvalue weighted by atomic mass is 9.97. The van der Waals surface area contributed by atoms with Crippen molar-refractivity contribution in [1.29, 1.82) is 0 Å². The predicted octanol–water partition coefficient (Wildman–Crippen LogP) is 4.75. The molecular formula is C24H24N4OS. The molecule has 0 saturated carbocycles. The van der Waals surface area contributed by atoms with Crippen LogP contribution in [0.1, 0.15) is 29.6 Å². The molecule has 0 unspecified atom stereocenters. The highest BCUT2D eigenvalue weighted by Gasteiger charge is 2.32. The van der Waals surface area contributed by atoms with Gasteiger partial charge in [0, 0.05) is 37.3 Å². The van der Waals surface area contributed by atoms with E-state index in [1.807, 2.05) is 17.8 Å². The second kappa shape index (κ2) is 7.22. The fourth-order valence-corrected chi connectivity index (χ4v) is 5.84. The molecule has 4 heterocycles. The number of hydrogen-bond donors (Lipinski definition) is 1. The summed E-state index contributed by atoms with van der Waals surface area (Å²) in [5.74, 6) is 0.150. The van der Waals surface area contributed by atoms with Gasteiger partial charge in [-0.15, -0.1) is 11.3 Å². The molecule has 0 aliphatic carbocycles. The summed E-state index contributed by atoms with van der Waals surface area (Å²) in [5, 5.41) is 1.10. The van der Waals surface area contributed by atoms with Crippen LogP contribution in [0.4, 0.5) is 0 Å². The van der Waals surface area contributed by atoms with Crippen LogP contribution in [0, 0.1) is 0 Å². The van der Waals surface area contributed by atoms with Crippen LogP contribution in [0.2, 0.25) is 0 Å². The number of thiazole rings is 1. The first-order valence-corrected chi connectivity index (χ1v) is 11.6. The number of nitrogens with one attached hydrogen (secondary N) is 1. The molecule has 2 aromatic carbocycles. The monoisotopic (exact) mass is 416 g/mol. The highest BCUT2D eigenvalue weighted by molar-refractivity contribution is 7.16. The van der Waals surface area contributed by atoms with Crippen molar-refractivity contribution in [2.45, 2.75) is 25.3 Å². The van der Waals surface area contributed by atoms with Gasteiger partial charge in [-0.1, -0.05) is 18.6 Å². The number of amides is 1. The van der Waals surface area contributed by atoms with E-state index in [0.717, 1.165) is 52.7 Å². The van der Waals surface area contributed by atoms with E-state index in [-0.39, 0.29) is 5.91 Å². The number of carbonyl (C=O) groups is 1. The van der Waals surface area contributed by atoms with Crippen molar-refractivity contribution in [1.82, 2.24) is 19.8 Å². The molecule has 2 saturated heterocycles. The zero-order valence-corrected chi connectivity index (χ0v) is 17.6. The van der Waals surface area contributed by atoms with Gasteiger partial charge in [0.25, 0.3) is 5.91 Å². The smallest absolute Gasteiger partial charge is 0.256 e. The van der Waals surface area contributed by atoms with Gasteiger partial charge in [0.05, 0.1) is 26.8 Å². The Morgan fingerprint density at radius 2 is 2.07 bits per heavy atom.